The maximum atomic E-state index is 13.4. The van der Waals surface area contributed by atoms with E-state index >= 15 is 0 Å². The van der Waals surface area contributed by atoms with Crippen LogP contribution >= 0.6 is 0 Å². The van der Waals surface area contributed by atoms with E-state index in [0.717, 1.165) is 38.5 Å². The zero-order valence-corrected chi connectivity index (χ0v) is 24.5. The molecular weight excluding hydrogens is 486 g/mol. The number of nitrogens with one attached hydrogen (secondary N) is 3. The first-order valence-corrected chi connectivity index (χ1v) is 15.9. The molecule has 1 aromatic rings. The van der Waals surface area contributed by atoms with Gasteiger partial charge in [0.05, 0.1) is 0 Å². The molecule has 0 bridgehead atoms. The summed E-state index contributed by atoms with van der Waals surface area (Å²) >= 11 is 0. The summed E-state index contributed by atoms with van der Waals surface area (Å²) in [5, 5.41) is 9.54. The predicted molar refractivity (Wildman–Crippen MR) is 157 cm³/mol. The van der Waals surface area contributed by atoms with Gasteiger partial charge in [-0.3, -0.25) is 14.4 Å². The highest BCUT2D eigenvalue weighted by Crippen LogP contribution is 2.29. The normalized spacial score (nSPS) is 21.9. The van der Waals surface area contributed by atoms with Gasteiger partial charge in [0.25, 0.3) is 17.7 Å². The highest BCUT2D eigenvalue weighted by molar-refractivity contribution is 6.04. The molecule has 0 aliphatic heterocycles. The molecule has 1 aromatic carbocycles. The van der Waals surface area contributed by atoms with E-state index in [0.29, 0.717) is 34.4 Å². The molecule has 0 radical (unpaired) electrons. The van der Waals surface area contributed by atoms with Crippen LogP contribution in [0.1, 0.15) is 148 Å². The lowest BCUT2D eigenvalue weighted by atomic mass is 9.84. The minimum absolute atomic E-state index is 0.0604. The maximum Gasteiger partial charge on any atom is 0.251 e. The molecule has 0 aromatic heterocycles. The topological polar surface area (TPSA) is 87.3 Å². The molecule has 4 rings (SSSR count). The van der Waals surface area contributed by atoms with Crippen molar-refractivity contribution in [2.45, 2.75) is 135 Å². The summed E-state index contributed by atoms with van der Waals surface area (Å²) in [5.41, 5.74) is 1.14. The van der Waals surface area contributed by atoms with Crippen molar-refractivity contribution in [2.24, 2.45) is 17.8 Å². The van der Waals surface area contributed by atoms with Crippen molar-refractivity contribution in [3.05, 3.63) is 34.9 Å². The van der Waals surface area contributed by atoms with Gasteiger partial charge in [-0.2, -0.15) is 0 Å². The molecule has 0 saturated heterocycles. The van der Waals surface area contributed by atoms with E-state index in [9.17, 15) is 14.4 Å². The number of benzene rings is 1. The molecule has 3 aliphatic carbocycles. The van der Waals surface area contributed by atoms with Crippen molar-refractivity contribution in [1.82, 2.24) is 16.0 Å². The Kier molecular flexibility index (Phi) is 10.9. The van der Waals surface area contributed by atoms with Crippen LogP contribution in [0, 0.1) is 17.8 Å². The molecule has 39 heavy (non-hydrogen) atoms. The fraction of sp³-hybridized carbons (Fsp3) is 0.727. The standard InChI is InChI=1S/C33H51N3O3/c1-22(25-13-7-4-8-14-25)34-31(37)28-19-29(32(38)35-23(2)26-15-9-5-10-16-26)21-30(20-28)33(39)36-24(3)27-17-11-6-12-18-27/h19-27H,4-18H2,1-3H3,(H,34,37)(H,35,38)(H,36,39)/t22-,23-,24-/m0/s1. The molecular formula is C33H51N3O3. The van der Waals surface area contributed by atoms with Gasteiger partial charge in [-0.1, -0.05) is 57.8 Å². The minimum atomic E-state index is -0.211. The molecule has 3 aliphatic rings. The fourth-order valence-corrected chi connectivity index (χ4v) is 7.15. The van der Waals surface area contributed by atoms with Gasteiger partial charge in [0.2, 0.25) is 0 Å². The second-order valence-electron chi connectivity index (χ2n) is 12.8. The van der Waals surface area contributed by atoms with Crippen LogP contribution < -0.4 is 16.0 Å². The lowest BCUT2D eigenvalue weighted by Crippen LogP contribution is -2.41. The van der Waals surface area contributed by atoms with E-state index in [1.807, 2.05) is 0 Å². The Morgan fingerprint density at radius 1 is 0.487 bits per heavy atom. The number of amides is 3. The van der Waals surface area contributed by atoms with Crippen molar-refractivity contribution in [2.75, 3.05) is 0 Å². The van der Waals surface area contributed by atoms with Crippen LogP contribution in [0.2, 0.25) is 0 Å². The molecule has 3 N–H and O–H groups in total. The van der Waals surface area contributed by atoms with Gasteiger partial charge in [-0.05, 0) is 95.2 Å². The summed E-state index contributed by atoms with van der Waals surface area (Å²) in [5.74, 6) is 0.797. The Bertz CT molecular complexity index is 838. The maximum absolute atomic E-state index is 13.4. The zero-order chi connectivity index (χ0) is 27.8. The number of rotatable bonds is 9. The van der Waals surface area contributed by atoms with E-state index in [-0.39, 0.29) is 35.8 Å². The average molecular weight is 538 g/mol. The molecule has 0 unspecified atom stereocenters. The predicted octanol–water partition coefficient (Wildman–Crippen LogP) is 6.78. The van der Waals surface area contributed by atoms with E-state index in [1.54, 1.807) is 18.2 Å². The Morgan fingerprint density at radius 2 is 0.718 bits per heavy atom. The largest absolute Gasteiger partial charge is 0.349 e. The summed E-state index contributed by atoms with van der Waals surface area (Å²) in [4.78, 5) is 40.2. The van der Waals surface area contributed by atoms with Gasteiger partial charge >= 0.3 is 0 Å². The lowest BCUT2D eigenvalue weighted by molar-refractivity contribution is 0.0918. The van der Waals surface area contributed by atoms with E-state index in [4.69, 9.17) is 0 Å². The molecule has 0 heterocycles. The van der Waals surface area contributed by atoms with Crippen LogP contribution in [-0.2, 0) is 0 Å². The second kappa shape index (κ2) is 14.3. The lowest BCUT2D eigenvalue weighted by Gasteiger charge is -2.29. The third-order valence-corrected chi connectivity index (χ3v) is 9.87. The van der Waals surface area contributed by atoms with Crippen LogP contribution in [-0.4, -0.2) is 35.8 Å². The monoisotopic (exact) mass is 537 g/mol. The van der Waals surface area contributed by atoms with Crippen molar-refractivity contribution in [3.63, 3.8) is 0 Å². The molecule has 0 spiro atoms. The van der Waals surface area contributed by atoms with E-state index < -0.39 is 0 Å². The van der Waals surface area contributed by atoms with Crippen LogP contribution in [0.5, 0.6) is 0 Å². The average Bonchev–Trinajstić information content (AvgIpc) is 2.98. The summed E-state index contributed by atoms with van der Waals surface area (Å²) in [7, 11) is 0. The van der Waals surface area contributed by atoms with E-state index in [2.05, 4.69) is 36.7 Å². The number of hydrogen-bond acceptors (Lipinski definition) is 3. The van der Waals surface area contributed by atoms with Crippen molar-refractivity contribution in [3.8, 4) is 0 Å². The van der Waals surface area contributed by atoms with Crippen LogP contribution in [0.3, 0.4) is 0 Å². The SMILES string of the molecule is C[C@H](NC(=O)c1cc(C(=O)N[C@@H](C)C2CCCCC2)cc(C(=O)N[C@@H](C)C2CCCCC2)c1)C1CCCCC1. The quantitative estimate of drug-likeness (QED) is 0.324. The highest BCUT2D eigenvalue weighted by Gasteiger charge is 2.26. The first-order chi connectivity index (χ1) is 18.8. The fourth-order valence-electron chi connectivity index (χ4n) is 7.15. The Balaban J connectivity index is 1.51. The molecule has 3 saturated carbocycles. The van der Waals surface area contributed by atoms with Gasteiger partial charge in [0.1, 0.15) is 0 Å². The first kappa shape index (κ1) is 29.6. The van der Waals surface area contributed by atoms with Gasteiger partial charge in [-0.15, -0.1) is 0 Å². The van der Waals surface area contributed by atoms with Gasteiger partial charge in [0.15, 0.2) is 0 Å². The van der Waals surface area contributed by atoms with Gasteiger partial charge in [-0.25, -0.2) is 0 Å². The van der Waals surface area contributed by atoms with Gasteiger partial charge in [0, 0.05) is 34.8 Å². The second-order valence-corrected chi connectivity index (χ2v) is 12.8. The minimum Gasteiger partial charge on any atom is -0.349 e. The summed E-state index contributed by atoms with van der Waals surface area (Å²) in [6.45, 7) is 6.24. The molecule has 3 fully saturated rings. The van der Waals surface area contributed by atoms with Crippen LogP contribution in [0.25, 0.3) is 0 Å². The van der Waals surface area contributed by atoms with Crippen LogP contribution in [0.4, 0.5) is 0 Å². The van der Waals surface area contributed by atoms with Crippen molar-refractivity contribution >= 4 is 17.7 Å². The molecule has 3 amide bonds. The van der Waals surface area contributed by atoms with Gasteiger partial charge < -0.3 is 16.0 Å². The van der Waals surface area contributed by atoms with E-state index in [1.165, 1.54) is 57.8 Å². The Hall–Kier alpha value is -2.37. The molecule has 3 atom stereocenters. The third kappa shape index (κ3) is 8.31. The number of carbonyl (C=O) groups is 3. The molecule has 6 heteroatoms. The van der Waals surface area contributed by atoms with Crippen molar-refractivity contribution < 1.29 is 14.4 Å². The highest BCUT2D eigenvalue weighted by atomic mass is 16.2. The smallest absolute Gasteiger partial charge is 0.251 e. The first-order valence-electron chi connectivity index (χ1n) is 15.9. The summed E-state index contributed by atoms with van der Waals surface area (Å²) in [6.07, 6.45) is 17.9. The van der Waals surface area contributed by atoms with Crippen LogP contribution in [0.15, 0.2) is 18.2 Å². The Morgan fingerprint density at radius 3 is 0.949 bits per heavy atom. The van der Waals surface area contributed by atoms with Crippen molar-refractivity contribution in [1.29, 1.82) is 0 Å². The third-order valence-electron chi connectivity index (χ3n) is 9.87. The zero-order valence-electron chi connectivity index (χ0n) is 24.5. The number of hydrogen-bond donors (Lipinski definition) is 3. The Labute approximate surface area is 235 Å². The molecule has 6 nitrogen and oxygen atoms in total. The molecule has 216 valence electrons. The summed E-state index contributed by atoms with van der Waals surface area (Å²) in [6, 6.07) is 5.16. The number of carbonyl (C=O) groups excluding carboxylic acids is 3. The summed E-state index contributed by atoms with van der Waals surface area (Å²) < 4.78 is 0.